The molecular formula is C10H19N5O2S. The first-order valence-corrected chi connectivity index (χ1v) is 6.41. The van der Waals surface area contributed by atoms with Gasteiger partial charge in [0.2, 0.25) is 11.0 Å². The molecule has 0 fully saturated rings. The average Bonchev–Trinajstić information content (AvgIpc) is 2.76. The maximum atomic E-state index is 11.5. The van der Waals surface area contributed by atoms with Crippen LogP contribution in [-0.2, 0) is 16.1 Å². The standard InChI is InChI=1S/C10H19N5O2S/c1-11-10-14-13-9(18-10)7-15(2)6-8(16)12-4-5-17-3/h4-7H2,1-3H3,(H,11,14)(H,12,16). The van der Waals surface area contributed by atoms with Crippen LogP contribution in [0.2, 0.25) is 0 Å². The van der Waals surface area contributed by atoms with Gasteiger partial charge in [0.15, 0.2) is 0 Å². The fraction of sp³-hybridized carbons (Fsp3) is 0.700. The van der Waals surface area contributed by atoms with Crippen molar-refractivity contribution < 1.29 is 9.53 Å². The molecule has 1 aromatic rings. The molecule has 0 aliphatic heterocycles. The molecule has 1 amide bonds. The minimum atomic E-state index is -0.0205. The number of nitrogens with one attached hydrogen (secondary N) is 2. The molecule has 18 heavy (non-hydrogen) atoms. The molecule has 0 aromatic carbocycles. The van der Waals surface area contributed by atoms with Crippen LogP contribution in [0.1, 0.15) is 5.01 Å². The molecule has 0 radical (unpaired) electrons. The van der Waals surface area contributed by atoms with E-state index in [9.17, 15) is 4.79 Å². The number of anilines is 1. The monoisotopic (exact) mass is 273 g/mol. The highest BCUT2D eigenvalue weighted by atomic mass is 32.1. The average molecular weight is 273 g/mol. The Labute approximate surface area is 111 Å². The van der Waals surface area contributed by atoms with Crippen molar-refractivity contribution in [3.8, 4) is 0 Å². The van der Waals surface area contributed by atoms with Crippen LogP contribution < -0.4 is 10.6 Å². The lowest BCUT2D eigenvalue weighted by molar-refractivity contribution is -0.122. The van der Waals surface area contributed by atoms with Gasteiger partial charge in [0.1, 0.15) is 5.01 Å². The van der Waals surface area contributed by atoms with E-state index in [1.165, 1.54) is 11.3 Å². The smallest absolute Gasteiger partial charge is 0.234 e. The Balaban J connectivity index is 2.27. The van der Waals surface area contributed by atoms with Crippen LogP contribution in [0.5, 0.6) is 0 Å². The van der Waals surface area contributed by atoms with Gasteiger partial charge in [-0.25, -0.2) is 0 Å². The van der Waals surface area contributed by atoms with E-state index in [-0.39, 0.29) is 5.91 Å². The molecule has 0 bridgehead atoms. The predicted octanol–water partition coefficient (Wildman–Crippen LogP) is -0.226. The Morgan fingerprint density at radius 1 is 1.50 bits per heavy atom. The predicted molar refractivity (Wildman–Crippen MR) is 70.7 cm³/mol. The number of ether oxygens (including phenoxy) is 1. The quantitative estimate of drug-likeness (QED) is 0.637. The molecule has 102 valence electrons. The highest BCUT2D eigenvalue weighted by Gasteiger charge is 2.09. The van der Waals surface area contributed by atoms with Crippen molar-refractivity contribution in [2.45, 2.75) is 6.54 Å². The van der Waals surface area contributed by atoms with Gasteiger partial charge >= 0.3 is 0 Å². The van der Waals surface area contributed by atoms with Gasteiger partial charge in [-0.3, -0.25) is 9.69 Å². The number of methoxy groups -OCH3 is 1. The van der Waals surface area contributed by atoms with E-state index in [0.29, 0.717) is 26.2 Å². The van der Waals surface area contributed by atoms with E-state index < -0.39 is 0 Å². The lowest BCUT2D eigenvalue weighted by atomic mass is 10.5. The fourth-order valence-corrected chi connectivity index (χ4v) is 2.07. The molecule has 0 saturated carbocycles. The molecule has 8 heteroatoms. The molecule has 0 aliphatic carbocycles. The van der Waals surface area contributed by atoms with Gasteiger partial charge in [0.25, 0.3) is 0 Å². The number of amides is 1. The second kappa shape index (κ2) is 7.96. The summed E-state index contributed by atoms with van der Waals surface area (Å²) < 4.78 is 4.86. The van der Waals surface area contributed by atoms with Crippen molar-refractivity contribution in [2.75, 3.05) is 46.2 Å². The molecule has 2 N–H and O–H groups in total. The largest absolute Gasteiger partial charge is 0.383 e. The van der Waals surface area contributed by atoms with E-state index in [2.05, 4.69) is 20.8 Å². The van der Waals surface area contributed by atoms with Gasteiger partial charge < -0.3 is 15.4 Å². The number of carbonyl (C=O) groups is 1. The van der Waals surface area contributed by atoms with Crippen molar-refractivity contribution in [3.63, 3.8) is 0 Å². The van der Waals surface area contributed by atoms with Gasteiger partial charge in [-0.2, -0.15) is 0 Å². The van der Waals surface area contributed by atoms with E-state index in [1.807, 2.05) is 11.9 Å². The lowest BCUT2D eigenvalue weighted by Gasteiger charge is -2.14. The molecule has 0 spiro atoms. The zero-order valence-electron chi connectivity index (χ0n) is 10.9. The molecule has 7 nitrogen and oxygen atoms in total. The molecule has 0 saturated heterocycles. The Morgan fingerprint density at radius 2 is 2.28 bits per heavy atom. The molecule has 1 rings (SSSR count). The number of aromatic nitrogens is 2. The SMILES string of the molecule is CNc1nnc(CN(C)CC(=O)NCCOC)s1. The third-order valence-corrected chi connectivity index (χ3v) is 3.05. The van der Waals surface area contributed by atoms with Gasteiger partial charge in [-0.05, 0) is 7.05 Å². The maximum Gasteiger partial charge on any atom is 0.234 e. The summed E-state index contributed by atoms with van der Waals surface area (Å²) in [5, 5.41) is 15.3. The third kappa shape index (κ3) is 5.39. The summed E-state index contributed by atoms with van der Waals surface area (Å²) in [5.74, 6) is -0.0205. The van der Waals surface area contributed by atoms with Gasteiger partial charge in [-0.1, -0.05) is 11.3 Å². The molecule has 0 aliphatic rings. The first-order valence-electron chi connectivity index (χ1n) is 5.60. The van der Waals surface area contributed by atoms with Crippen LogP contribution in [0, 0.1) is 0 Å². The highest BCUT2D eigenvalue weighted by Crippen LogP contribution is 2.15. The van der Waals surface area contributed by atoms with Crippen LogP contribution in [0.4, 0.5) is 5.13 Å². The second-order valence-corrected chi connectivity index (χ2v) is 4.83. The normalized spacial score (nSPS) is 10.7. The van der Waals surface area contributed by atoms with Crippen molar-refractivity contribution in [2.24, 2.45) is 0 Å². The summed E-state index contributed by atoms with van der Waals surface area (Å²) in [4.78, 5) is 13.4. The second-order valence-electron chi connectivity index (χ2n) is 3.77. The first kappa shape index (κ1) is 14.8. The van der Waals surface area contributed by atoms with E-state index in [0.717, 1.165) is 10.1 Å². The lowest BCUT2D eigenvalue weighted by Crippen LogP contribution is -2.36. The summed E-state index contributed by atoms with van der Waals surface area (Å²) in [6.45, 7) is 2.00. The first-order chi connectivity index (χ1) is 8.65. The molecule has 0 unspecified atom stereocenters. The molecule has 0 atom stereocenters. The molecule has 1 aromatic heterocycles. The fourth-order valence-electron chi connectivity index (χ4n) is 1.30. The topological polar surface area (TPSA) is 79.4 Å². The van der Waals surface area contributed by atoms with Crippen LogP contribution >= 0.6 is 11.3 Å². The third-order valence-electron chi connectivity index (χ3n) is 2.13. The van der Waals surface area contributed by atoms with Crippen molar-refractivity contribution in [3.05, 3.63) is 5.01 Å². The number of carbonyl (C=O) groups excluding carboxylic acids is 1. The Kier molecular flexibility index (Phi) is 6.55. The van der Waals surface area contributed by atoms with Crippen LogP contribution in [0.3, 0.4) is 0 Å². The summed E-state index contributed by atoms with van der Waals surface area (Å²) in [5.41, 5.74) is 0. The van der Waals surface area contributed by atoms with Gasteiger partial charge in [0, 0.05) is 20.7 Å². The van der Waals surface area contributed by atoms with E-state index in [1.54, 1.807) is 14.2 Å². The zero-order valence-corrected chi connectivity index (χ0v) is 11.7. The maximum absolute atomic E-state index is 11.5. The summed E-state index contributed by atoms with van der Waals surface area (Å²) >= 11 is 1.48. The summed E-state index contributed by atoms with van der Waals surface area (Å²) in [7, 11) is 5.28. The van der Waals surface area contributed by atoms with Crippen LogP contribution in [-0.4, -0.2) is 61.9 Å². The van der Waals surface area contributed by atoms with Gasteiger partial charge in [-0.15, -0.1) is 10.2 Å². The number of likely N-dealkylation sites (N-methyl/N-ethyl adjacent to an activating group) is 1. The van der Waals surface area contributed by atoms with Crippen molar-refractivity contribution in [1.29, 1.82) is 0 Å². The number of nitrogens with zero attached hydrogens (tertiary/aromatic N) is 3. The highest BCUT2D eigenvalue weighted by molar-refractivity contribution is 7.15. The summed E-state index contributed by atoms with van der Waals surface area (Å²) in [6, 6.07) is 0. The molecular weight excluding hydrogens is 254 g/mol. The van der Waals surface area contributed by atoms with Crippen molar-refractivity contribution >= 4 is 22.4 Å². The van der Waals surface area contributed by atoms with Crippen LogP contribution in [0.15, 0.2) is 0 Å². The zero-order chi connectivity index (χ0) is 13.4. The number of rotatable bonds is 8. The minimum Gasteiger partial charge on any atom is -0.383 e. The Morgan fingerprint density at radius 3 is 2.89 bits per heavy atom. The Hall–Kier alpha value is -1.25. The minimum absolute atomic E-state index is 0.0205. The van der Waals surface area contributed by atoms with E-state index in [4.69, 9.17) is 4.74 Å². The summed E-state index contributed by atoms with van der Waals surface area (Å²) in [6.07, 6.45) is 0. The Bertz CT molecular complexity index is 371. The molecule has 1 heterocycles. The number of hydrogen-bond donors (Lipinski definition) is 2. The van der Waals surface area contributed by atoms with Crippen molar-refractivity contribution in [1.82, 2.24) is 20.4 Å². The van der Waals surface area contributed by atoms with Crippen LogP contribution in [0.25, 0.3) is 0 Å². The van der Waals surface area contributed by atoms with E-state index >= 15 is 0 Å². The van der Waals surface area contributed by atoms with Gasteiger partial charge in [0.05, 0.1) is 19.7 Å². The number of hydrogen-bond acceptors (Lipinski definition) is 7.